The molecule has 0 radical (unpaired) electrons. The zero-order valence-electron chi connectivity index (χ0n) is 12.3. The number of carbonyl (C=O) groups excluding carboxylic acids is 2. The van der Waals surface area contributed by atoms with E-state index in [1.807, 2.05) is 0 Å². The van der Waals surface area contributed by atoms with Crippen LogP contribution in [0.25, 0.3) is 0 Å². The van der Waals surface area contributed by atoms with Crippen LogP contribution in [0.2, 0.25) is 5.02 Å². The standard InChI is InChI=1S/C16H16ClN3O2S/c17-11-7-5-10(6-8-11)14(21)20-16-19-13(9-23-16)15(22)18-12-3-1-2-4-12/h5-9,12H,1-4H2,(H,18,22)(H,19,20,21). The summed E-state index contributed by atoms with van der Waals surface area (Å²) >= 11 is 7.03. The molecule has 1 fully saturated rings. The fraction of sp³-hybridized carbons (Fsp3) is 0.312. The van der Waals surface area contributed by atoms with E-state index in [-0.39, 0.29) is 17.9 Å². The smallest absolute Gasteiger partial charge is 0.271 e. The lowest BCUT2D eigenvalue weighted by molar-refractivity contribution is 0.0932. The molecule has 0 bridgehead atoms. The second-order valence-electron chi connectivity index (χ2n) is 5.45. The Morgan fingerprint density at radius 2 is 1.83 bits per heavy atom. The van der Waals surface area contributed by atoms with Crippen molar-refractivity contribution < 1.29 is 9.59 Å². The Morgan fingerprint density at radius 3 is 2.52 bits per heavy atom. The molecule has 1 aliphatic rings. The number of hydrogen-bond acceptors (Lipinski definition) is 4. The summed E-state index contributed by atoms with van der Waals surface area (Å²) in [4.78, 5) is 28.4. The first-order valence-electron chi connectivity index (χ1n) is 7.45. The maximum absolute atomic E-state index is 12.1. The number of aromatic nitrogens is 1. The third kappa shape index (κ3) is 4.09. The summed E-state index contributed by atoms with van der Waals surface area (Å²) in [5.41, 5.74) is 0.829. The van der Waals surface area contributed by atoms with Crippen molar-refractivity contribution in [2.75, 3.05) is 5.32 Å². The van der Waals surface area contributed by atoms with Crippen LogP contribution in [0.3, 0.4) is 0 Å². The Morgan fingerprint density at radius 1 is 1.13 bits per heavy atom. The second-order valence-corrected chi connectivity index (χ2v) is 6.75. The first-order valence-corrected chi connectivity index (χ1v) is 8.71. The van der Waals surface area contributed by atoms with Crippen molar-refractivity contribution in [3.8, 4) is 0 Å². The fourth-order valence-corrected chi connectivity index (χ4v) is 3.35. The van der Waals surface area contributed by atoms with Crippen molar-refractivity contribution >= 4 is 39.9 Å². The molecule has 7 heteroatoms. The van der Waals surface area contributed by atoms with Gasteiger partial charge in [0.05, 0.1) is 0 Å². The lowest BCUT2D eigenvalue weighted by atomic mass is 10.2. The van der Waals surface area contributed by atoms with E-state index in [1.165, 1.54) is 11.3 Å². The summed E-state index contributed by atoms with van der Waals surface area (Å²) in [6.45, 7) is 0. The van der Waals surface area contributed by atoms with Crippen molar-refractivity contribution in [1.29, 1.82) is 0 Å². The van der Waals surface area contributed by atoms with Gasteiger partial charge in [0.2, 0.25) is 0 Å². The third-order valence-corrected chi connectivity index (χ3v) is 4.76. The number of hydrogen-bond donors (Lipinski definition) is 2. The highest BCUT2D eigenvalue weighted by Crippen LogP contribution is 2.20. The Balaban J connectivity index is 1.61. The Kier molecular flexibility index (Phi) is 4.93. The molecule has 3 rings (SSSR count). The van der Waals surface area contributed by atoms with Crippen molar-refractivity contribution in [1.82, 2.24) is 10.3 Å². The molecule has 2 N–H and O–H groups in total. The maximum Gasteiger partial charge on any atom is 0.271 e. The predicted molar refractivity (Wildman–Crippen MR) is 91.2 cm³/mol. The number of nitrogens with zero attached hydrogens (tertiary/aromatic N) is 1. The molecular weight excluding hydrogens is 334 g/mol. The molecule has 23 heavy (non-hydrogen) atoms. The van der Waals surface area contributed by atoms with Crippen LogP contribution in [0.1, 0.15) is 46.5 Å². The summed E-state index contributed by atoms with van der Waals surface area (Å²) in [7, 11) is 0. The van der Waals surface area contributed by atoms with Crippen LogP contribution in [0.5, 0.6) is 0 Å². The summed E-state index contributed by atoms with van der Waals surface area (Å²) < 4.78 is 0. The lowest BCUT2D eigenvalue weighted by Crippen LogP contribution is -2.32. The molecule has 2 amide bonds. The summed E-state index contributed by atoms with van der Waals surface area (Å²) in [6, 6.07) is 6.83. The Hall–Kier alpha value is -1.92. The molecule has 1 aromatic carbocycles. The Bertz CT molecular complexity index is 708. The molecule has 0 spiro atoms. The molecule has 0 atom stereocenters. The van der Waals surface area contributed by atoms with Crippen molar-refractivity contribution in [2.24, 2.45) is 0 Å². The first-order chi connectivity index (χ1) is 11.1. The van der Waals surface area contributed by atoms with Crippen molar-refractivity contribution in [3.63, 3.8) is 0 Å². The van der Waals surface area contributed by atoms with Gasteiger partial charge in [-0.2, -0.15) is 0 Å². The quantitative estimate of drug-likeness (QED) is 0.883. The topological polar surface area (TPSA) is 71.1 Å². The van der Waals surface area contributed by atoms with Gasteiger partial charge in [0.1, 0.15) is 5.69 Å². The minimum atomic E-state index is -0.279. The van der Waals surface area contributed by atoms with Gasteiger partial charge < -0.3 is 5.32 Å². The normalized spacial score (nSPS) is 14.7. The Labute approximate surface area is 143 Å². The van der Waals surface area contributed by atoms with Crippen molar-refractivity contribution in [3.05, 3.63) is 45.9 Å². The van der Waals surface area contributed by atoms with Gasteiger partial charge in [0.15, 0.2) is 5.13 Å². The van der Waals surface area contributed by atoms with Crippen LogP contribution in [0, 0.1) is 0 Å². The number of anilines is 1. The molecule has 5 nitrogen and oxygen atoms in total. The van der Waals surface area contributed by atoms with Gasteiger partial charge >= 0.3 is 0 Å². The van der Waals surface area contributed by atoms with E-state index < -0.39 is 0 Å². The predicted octanol–water partition coefficient (Wildman–Crippen LogP) is 3.72. The largest absolute Gasteiger partial charge is 0.348 e. The van der Waals surface area contributed by atoms with Gasteiger partial charge in [-0.05, 0) is 37.1 Å². The number of rotatable bonds is 4. The summed E-state index contributed by atoms with van der Waals surface area (Å²) in [5, 5.41) is 8.30. The molecule has 1 heterocycles. The molecule has 1 saturated carbocycles. The first kappa shape index (κ1) is 16.0. The monoisotopic (exact) mass is 349 g/mol. The van der Waals surface area contributed by atoms with Crippen LogP contribution in [0.4, 0.5) is 5.13 Å². The van der Waals surface area contributed by atoms with Crippen LogP contribution < -0.4 is 10.6 Å². The lowest BCUT2D eigenvalue weighted by Gasteiger charge is -2.09. The third-order valence-electron chi connectivity index (χ3n) is 3.75. The molecule has 0 saturated heterocycles. The SMILES string of the molecule is O=C(Nc1nc(C(=O)NC2CCCC2)cs1)c1ccc(Cl)cc1. The molecule has 1 aromatic heterocycles. The molecular formula is C16H16ClN3O2S. The molecule has 0 aliphatic heterocycles. The van der Waals surface area contributed by atoms with E-state index in [9.17, 15) is 9.59 Å². The molecule has 2 aromatic rings. The van der Waals surface area contributed by atoms with Crippen LogP contribution in [0.15, 0.2) is 29.6 Å². The number of benzene rings is 1. The highest BCUT2D eigenvalue weighted by molar-refractivity contribution is 7.14. The van der Waals surface area contributed by atoms with Gasteiger partial charge in [-0.3, -0.25) is 14.9 Å². The number of carbonyl (C=O) groups is 2. The van der Waals surface area contributed by atoms with Gasteiger partial charge in [-0.1, -0.05) is 24.4 Å². The number of amides is 2. The van der Waals surface area contributed by atoms with Crippen LogP contribution >= 0.6 is 22.9 Å². The number of thiazole rings is 1. The van der Waals surface area contributed by atoms with Gasteiger partial charge in [-0.25, -0.2) is 4.98 Å². The highest BCUT2D eigenvalue weighted by atomic mass is 35.5. The molecule has 1 aliphatic carbocycles. The van der Waals surface area contributed by atoms with E-state index in [1.54, 1.807) is 29.6 Å². The van der Waals surface area contributed by atoms with Crippen LogP contribution in [-0.4, -0.2) is 22.8 Å². The van der Waals surface area contributed by atoms with E-state index in [0.717, 1.165) is 25.7 Å². The zero-order valence-corrected chi connectivity index (χ0v) is 13.9. The molecule has 120 valence electrons. The van der Waals surface area contributed by atoms with Gasteiger partial charge in [0, 0.05) is 22.0 Å². The van der Waals surface area contributed by atoms with E-state index in [0.29, 0.717) is 21.4 Å². The van der Waals surface area contributed by atoms with E-state index in [2.05, 4.69) is 15.6 Å². The maximum atomic E-state index is 12.1. The number of nitrogens with one attached hydrogen (secondary N) is 2. The fourth-order valence-electron chi connectivity index (χ4n) is 2.54. The van der Waals surface area contributed by atoms with Gasteiger partial charge in [-0.15, -0.1) is 11.3 Å². The minimum absolute atomic E-state index is 0.180. The van der Waals surface area contributed by atoms with Gasteiger partial charge in [0.25, 0.3) is 11.8 Å². The summed E-state index contributed by atoms with van der Waals surface area (Å²) in [5.74, 6) is -0.459. The van der Waals surface area contributed by atoms with E-state index >= 15 is 0 Å². The minimum Gasteiger partial charge on any atom is -0.348 e. The second kappa shape index (κ2) is 7.10. The summed E-state index contributed by atoms with van der Waals surface area (Å²) in [6.07, 6.45) is 4.36. The van der Waals surface area contributed by atoms with E-state index in [4.69, 9.17) is 11.6 Å². The average Bonchev–Trinajstić information content (AvgIpc) is 3.19. The highest BCUT2D eigenvalue weighted by Gasteiger charge is 2.20. The van der Waals surface area contributed by atoms with Crippen molar-refractivity contribution in [2.45, 2.75) is 31.7 Å². The number of halogens is 1. The van der Waals surface area contributed by atoms with Crippen LogP contribution in [-0.2, 0) is 0 Å². The average molecular weight is 350 g/mol. The molecule has 0 unspecified atom stereocenters. The zero-order chi connectivity index (χ0) is 16.2.